The van der Waals surface area contributed by atoms with Crippen molar-refractivity contribution in [3.05, 3.63) is 17.5 Å². The van der Waals surface area contributed by atoms with Crippen LogP contribution in [0.1, 0.15) is 31.2 Å². The molecular weight excluding hydrogens is 224 g/mol. The van der Waals surface area contributed by atoms with Gasteiger partial charge in [-0.3, -0.25) is 16.0 Å². The maximum atomic E-state index is 5.68. The quantitative estimate of drug-likeness (QED) is 0.433. The highest BCUT2D eigenvalue weighted by Gasteiger charge is 2.11. The summed E-state index contributed by atoms with van der Waals surface area (Å²) in [5, 5.41) is 4.42. The van der Waals surface area contributed by atoms with Gasteiger partial charge in [-0.25, -0.2) is 0 Å². The highest BCUT2D eigenvalue weighted by molar-refractivity contribution is 6.17. The number of hydrogen-bond donors (Lipinski definition) is 2. The molecule has 0 bridgehead atoms. The van der Waals surface area contributed by atoms with Gasteiger partial charge >= 0.3 is 0 Å². The molecule has 0 fully saturated rings. The number of hydrazine groups is 1. The lowest BCUT2D eigenvalue weighted by Crippen LogP contribution is -2.37. The predicted molar refractivity (Wildman–Crippen MR) is 67.4 cm³/mol. The lowest BCUT2D eigenvalue weighted by Gasteiger charge is -2.14. The smallest absolute Gasteiger partial charge is 0.0624 e. The molecule has 3 N–H and O–H groups in total. The van der Waals surface area contributed by atoms with E-state index in [-0.39, 0.29) is 6.04 Å². The maximum absolute atomic E-state index is 5.68. The summed E-state index contributed by atoms with van der Waals surface area (Å²) in [7, 11) is 1.98. The minimum atomic E-state index is 0.277. The van der Waals surface area contributed by atoms with E-state index in [1.165, 1.54) is 5.69 Å². The van der Waals surface area contributed by atoms with Crippen LogP contribution in [0.2, 0.25) is 0 Å². The topological polar surface area (TPSA) is 55.9 Å². The SMILES string of the molecule is CCc1cc(CC(CCCCl)NN)n(C)n1. The summed E-state index contributed by atoms with van der Waals surface area (Å²) < 4.78 is 1.93. The lowest BCUT2D eigenvalue weighted by atomic mass is 10.1. The summed E-state index contributed by atoms with van der Waals surface area (Å²) in [5.41, 5.74) is 5.19. The fourth-order valence-corrected chi connectivity index (χ4v) is 1.91. The summed E-state index contributed by atoms with van der Waals surface area (Å²) in [6.07, 6.45) is 3.84. The van der Waals surface area contributed by atoms with Crippen LogP contribution in [-0.2, 0) is 19.9 Å². The average Bonchev–Trinajstić information content (AvgIpc) is 2.65. The Morgan fingerprint density at radius 3 is 2.88 bits per heavy atom. The number of aryl methyl sites for hydroxylation is 2. The molecular formula is C11H21ClN4. The summed E-state index contributed by atoms with van der Waals surface area (Å²) in [6.45, 7) is 2.11. The van der Waals surface area contributed by atoms with Crippen molar-refractivity contribution in [2.75, 3.05) is 5.88 Å². The standard InChI is InChI=1S/C11H21ClN4/c1-3-9-7-11(16(2)15-9)8-10(14-13)5-4-6-12/h7,10,14H,3-6,8,13H2,1-2H3. The second-order valence-electron chi connectivity index (χ2n) is 4.00. The first kappa shape index (κ1) is 13.5. The van der Waals surface area contributed by atoms with Crippen molar-refractivity contribution in [1.29, 1.82) is 0 Å². The molecule has 5 heteroatoms. The van der Waals surface area contributed by atoms with E-state index < -0.39 is 0 Å². The van der Waals surface area contributed by atoms with Gasteiger partial charge in [-0.05, 0) is 25.3 Å². The van der Waals surface area contributed by atoms with Crippen molar-refractivity contribution in [3.8, 4) is 0 Å². The molecule has 0 radical (unpaired) electrons. The van der Waals surface area contributed by atoms with Crippen LogP contribution < -0.4 is 11.3 Å². The van der Waals surface area contributed by atoms with Crippen molar-refractivity contribution in [2.24, 2.45) is 12.9 Å². The van der Waals surface area contributed by atoms with Crippen LogP contribution in [0.4, 0.5) is 0 Å². The third kappa shape index (κ3) is 3.77. The van der Waals surface area contributed by atoms with Gasteiger partial charge in [-0.1, -0.05) is 6.92 Å². The molecule has 0 saturated heterocycles. The molecule has 16 heavy (non-hydrogen) atoms. The number of nitrogens with one attached hydrogen (secondary N) is 1. The molecule has 1 heterocycles. The Morgan fingerprint density at radius 1 is 1.62 bits per heavy atom. The molecule has 0 amide bonds. The highest BCUT2D eigenvalue weighted by Crippen LogP contribution is 2.09. The zero-order valence-electron chi connectivity index (χ0n) is 10.0. The molecule has 0 aliphatic heterocycles. The van der Waals surface area contributed by atoms with E-state index >= 15 is 0 Å². The van der Waals surface area contributed by atoms with Gasteiger partial charge in [0.2, 0.25) is 0 Å². The number of alkyl halides is 1. The molecule has 0 saturated carbocycles. The third-order valence-corrected chi connectivity index (χ3v) is 3.03. The van der Waals surface area contributed by atoms with Gasteiger partial charge in [0, 0.05) is 31.1 Å². The first-order chi connectivity index (χ1) is 7.71. The largest absolute Gasteiger partial charge is 0.272 e. The number of nitrogens with two attached hydrogens (primary N) is 1. The molecule has 0 aliphatic rings. The number of rotatable bonds is 7. The first-order valence-electron chi connectivity index (χ1n) is 5.75. The van der Waals surface area contributed by atoms with E-state index in [1.54, 1.807) is 0 Å². The summed E-state index contributed by atoms with van der Waals surface area (Å²) in [5.74, 6) is 6.21. The molecule has 0 aliphatic carbocycles. The zero-order valence-corrected chi connectivity index (χ0v) is 10.8. The highest BCUT2D eigenvalue weighted by atomic mass is 35.5. The number of hydrogen-bond acceptors (Lipinski definition) is 3. The van der Waals surface area contributed by atoms with Crippen molar-refractivity contribution in [3.63, 3.8) is 0 Å². The monoisotopic (exact) mass is 244 g/mol. The summed E-state index contributed by atoms with van der Waals surface area (Å²) >= 11 is 5.68. The third-order valence-electron chi connectivity index (χ3n) is 2.77. The van der Waals surface area contributed by atoms with E-state index in [2.05, 4.69) is 23.5 Å². The molecule has 1 atom stereocenters. The van der Waals surface area contributed by atoms with Crippen LogP contribution in [0.25, 0.3) is 0 Å². The summed E-state index contributed by atoms with van der Waals surface area (Å²) in [4.78, 5) is 0. The fourth-order valence-electron chi connectivity index (χ4n) is 1.76. The molecule has 0 spiro atoms. The van der Waals surface area contributed by atoms with Crippen molar-refractivity contribution in [2.45, 2.75) is 38.6 Å². The van der Waals surface area contributed by atoms with Crippen molar-refractivity contribution < 1.29 is 0 Å². The van der Waals surface area contributed by atoms with Gasteiger partial charge in [0.25, 0.3) is 0 Å². The molecule has 1 aromatic heterocycles. The minimum Gasteiger partial charge on any atom is -0.272 e. The molecule has 4 nitrogen and oxygen atoms in total. The lowest BCUT2D eigenvalue weighted by molar-refractivity contribution is 0.474. The summed E-state index contributed by atoms with van der Waals surface area (Å²) in [6, 6.07) is 2.42. The van der Waals surface area contributed by atoms with Crippen LogP contribution in [0.15, 0.2) is 6.07 Å². The molecule has 1 unspecified atom stereocenters. The number of halogens is 1. The minimum absolute atomic E-state index is 0.277. The normalized spacial score (nSPS) is 13.0. The number of nitrogens with zero attached hydrogens (tertiary/aromatic N) is 2. The van der Waals surface area contributed by atoms with Crippen LogP contribution >= 0.6 is 11.6 Å². The van der Waals surface area contributed by atoms with Crippen LogP contribution in [0, 0.1) is 0 Å². The molecule has 0 aromatic carbocycles. The first-order valence-corrected chi connectivity index (χ1v) is 6.28. The van der Waals surface area contributed by atoms with Gasteiger partial charge in [0.15, 0.2) is 0 Å². The molecule has 1 rings (SSSR count). The Hall–Kier alpha value is -0.580. The predicted octanol–water partition coefficient (Wildman–Crippen LogP) is 1.38. The average molecular weight is 245 g/mol. The van der Waals surface area contributed by atoms with E-state index in [1.807, 2.05) is 11.7 Å². The second kappa shape index (κ2) is 6.89. The second-order valence-corrected chi connectivity index (χ2v) is 4.38. The van der Waals surface area contributed by atoms with Crippen LogP contribution in [0.3, 0.4) is 0 Å². The Labute approximate surface area is 102 Å². The van der Waals surface area contributed by atoms with Crippen LogP contribution in [-0.4, -0.2) is 21.7 Å². The van der Waals surface area contributed by atoms with Gasteiger partial charge in [-0.2, -0.15) is 5.10 Å². The van der Waals surface area contributed by atoms with Gasteiger partial charge in [-0.15, -0.1) is 11.6 Å². The van der Waals surface area contributed by atoms with Crippen LogP contribution in [0.5, 0.6) is 0 Å². The van der Waals surface area contributed by atoms with Crippen molar-refractivity contribution >= 4 is 11.6 Å². The van der Waals surface area contributed by atoms with E-state index in [4.69, 9.17) is 17.4 Å². The maximum Gasteiger partial charge on any atom is 0.0624 e. The van der Waals surface area contributed by atoms with Gasteiger partial charge < -0.3 is 0 Å². The Morgan fingerprint density at radius 2 is 2.38 bits per heavy atom. The molecule has 92 valence electrons. The number of aromatic nitrogens is 2. The Bertz CT molecular complexity index is 311. The Balaban J connectivity index is 2.58. The zero-order chi connectivity index (χ0) is 12.0. The Kier molecular flexibility index (Phi) is 5.80. The molecule has 1 aromatic rings. The van der Waals surface area contributed by atoms with E-state index in [0.29, 0.717) is 5.88 Å². The van der Waals surface area contributed by atoms with Gasteiger partial charge in [0.05, 0.1) is 5.69 Å². The van der Waals surface area contributed by atoms with Crippen molar-refractivity contribution in [1.82, 2.24) is 15.2 Å². The van der Waals surface area contributed by atoms with Gasteiger partial charge in [0.1, 0.15) is 0 Å². The van der Waals surface area contributed by atoms with E-state index in [0.717, 1.165) is 31.4 Å². The fraction of sp³-hybridized carbons (Fsp3) is 0.727. The van der Waals surface area contributed by atoms with E-state index in [9.17, 15) is 0 Å².